The van der Waals surface area contributed by atoms with Crippen molar-refractivity contribution < 1.29 is 13.2 Å². The Morgan fingerprint density at radius 3 is 2.79 bits per heavy atom. The van der Waals surface area contributed by atoms with Crippen LogP contribution in [-0.2, 0) is 6.42 Å². The van der Waals surface area contributed by atoms with Crippen molar-refractivity contribution in [3.8, 4) is 0 Å². The Balaban J connectivity index is 1.45. The first-order chi connectivity index (χ1) is 13.9. The van der Waals surface area contributed by atoms with Gasteiger partial charge >= 0.3 is 6.18 Å². The van der Waals surface area contributed by atoms with Crippen LogP contribution >= 0.6 is 11.3 Å². The number of fused-ring (bicyclic) bond motifs is 1. The van der Waals surface area contributed by atoms with Crippen molar-refractivity contribution in [3.05, 3.63) is 17.3 Å². The Kier molecular flexibility index (Phi) is 6.27. The standard InChI is InChI=1S/C20H28F3N5S/c1-2-17(13-10-24-11-13)27-14-4-3-6-28(7-5-14)18-16-8-15(9-20(21,22)23)29-19(16)26-12-25-18/h8,12-14,17,24,27H,2-7,9-11H2,1H3/t14-,17-/m0/s1. The summed E-state index contributed by atoms with van der Waals surface area (Å²) in [4.78, 5) is 11.8. The van der Waals surface area contributed by atoms with Crippen molar-refractivity contribution in [1.29, 1.82) is 0 Å². The molecule has 0 unspecified atom stereocenters. The number of hydrogen-bond acceptors (Lipinski definition) is 6. The van der Waals surface area contributed by atoms with Gasteiger partial charge in [0.15, 0.2) is 0 Å². The second-order valence-corrected chi connectivity index (χ2v) is 9.25. The monoisotopic (exact) mass is 427 g/mol. The zero-order valence-electron chi connectivity index (χ0n) is 16.6. The molecule has 2 aliphatic rings. The molecule has 29 heavy (non-hydrogen) atoms. The molecule has 0 aliphatic carbocycles. The number of hydrogen-bond donors (Lipinski definition) is 2. The molecule has 0 bridgehead atoms. The summed E-state index contributed by atoms with van der Waals surface area (Å²) in [6, 6.07) is 2.66. The summed E-state index contributed by atoms with van der Waals surface area (Å²) in [7, 11) is 0. The van der Waals surface area contributed by atoms with E-state index < -0.39 is 12.6 Å². The molecule has 2 N–H and O–H groups in total. The lowest BCUT2D eigenvalue weighted by atomic mass is 9.91. The average molecular weight is 428 g/mol. The first kappa shape index (κ1) is 20.8. The molecule has 4 rings (SSSR count). The number of thiophene rings is 1. The molecule has 160 valence electrons. The normalized spacial score (nSPS) is 22.5. The maximum absolute atomic E-state index is 12.8. The zero-order chi connectivity index (χ0) is 20.4. The molecule has 0 amide bonds. The van der Waals surface area contributed by atoms with Gasteiger partial charge in [-0.2, -0.15) is 13.2 Å². The van der Waals surface area contributed by atoms with Crippen LogP contribution in [-0.4, -0.2) is 54.4 Å². The molecule has 0 radical (unpaired) electrons. The lowest BCUT2D eigenvalue weighted by Crippen LogP contribution is -2.55. The van der Waals surface area contributed by atoms with Gasteiger partial charge in [-0.3, -0.25) is 0 Å². The van der Waals surface area contributed by atoms with E-state index in [2.05, 4.69) is 32.4 Å². The topological polar surface area (TPSA) is 53.1 Å². The van der Waals surface area contributed by atoms with Gasteiger partial charge in [0.05, 0.1) is 11.8 Å². The van der Waals surface area contributed by atoms with Crippen LogP contribution in [0.15, 0.2) is 12.4 Å². The van der Waals surface area contributed by atoms with E-state index >= 15 is 0 Å². The molecule has 0 spiro atoms. The predicted molar refractivity (Wildman–Crippen MR) is 111 cm³/mol. The van der Waals surface area contributed by atoms with E-state index in [9.17, 15) is 13.2 Å². The van der Waals surface area contributed by atoms with E-state index in [-0.39, 0.29) is 0 Å². The first-order valence-corrected chi connectivity index (χ1v) is 11.3. The SMILES string of the molecule is CC[C@H](N[C@H]1CCCN(c2ncnc3sc(CC(F)(F)F)cc23)CC1)C1CNC1. The van der Waals surface area contributed by atoms with Crippen molar-refractivity contribution in [2.45, 2.75) is 57.3 Å². The van der Waals surface area contributed by atoms with Crippen LogP contribution in [0.2, 0.25) is 0 Å². The lowest BCUT2D eigenvalue weighted by molar-refractivity contribution is -0.126. The van der Waals surface area contributed by atoms with Crippen LogP contribution in [0.4, 0.5) is 19.0 Å². The summed E-state index contributed by atoms with van der Waals surface area (Å²) in [6.45, 7) is 6.17. The number of aromatic nitrogens is 2. The van der Waals surface area contributed by atoms with E-state index in [0.29, 0.717) is 21.8 Å². The van der Waals surface area contributed by atoms with Crippen LogP contribution in [0.1, 0.15) is 37.5 Å². The van der Waals surface area contributed by atoms with Crippen LogP contribution in [0.5, 0.6) is 0 Å². The van der Waals surface area contributed by atoms with Gasteiger partial charge in [-0.25, -0.2) is 9.97 Å². The highest BCUT2D eigenvalue weighted by molar-refractivity contribution is 7.18. The lowest BCUT2D eigenvalue weighted by Gasteiger charge is -2.37. The van der Waals surface area contributed by atoms with Gasteiger partial charge in [-0.1, -0.05) is 6.92 Å². The first-order valence-electron chi connectivity index (χ1n) is 10.4. The van der Waals surface area contributed by atoms with Gasteiger partial charge in [-0.05, 0) is 37.7 Å². The number of nitrogens with one attached hydrogen (secondary N) is 2. The van der Waals surface area contributed by atoms with Crippen LogP contribution < -0.4 is 15.5 Å². The highest BCUT2D eigenvalue weighted by Gasteiger charge is 2.30. The predicted octanol–water partition coefficient (Wildman–Crippen LogP) is 3.74. The summed E-state index contributed by atoms with van der Waals surface area (Å²) in [5, 5.41) is 7.97. The van der Waals surface area contributed by atoms with Gasteiger partial charge in [0.1, 0.15) is 17.0 Å². The Morgan fingerprint density at radius 1 is 1.28 bits per heavy atom. The molecule has 0 aromatic carbocycles. The van der Waals surface area contributed by atoms with Gasteiger partial charge in [0.25, 0.3) is 0 Å². The molecular weight excluding hydrogens is 399 g/mol. The Labute approximate surface area is 173 Å². The molecule has 2 fully saturated rings. The minimum absolute atomic E-state index is 0.295. The van der Waals surface area contributed by atoms with E-state index in [1.807, 2.05) is 0 Å². The molecule has 2 aromatic heterocycles. The minimum Gasteiger partial charge on any atom is -0.356 e. The van der Waals surface area contributed by atoms with Crippen molar-refractivity contribution in [3.63, 3.8) is 0 Å². The Hall–Kier alpha value is -1.45. The maximum atomic E-state index is 12.8. The second kappa shape index (κ2) is 8.73. The highest BCUT2D eigenvalue weighted by atomic mass is 32.1. The summed E-state index contributed by atoms with van der Waals surface area (Å²) < 4.78 is 38.4. The fourth-order valence-electron chi connectivity index (χ4n) is 4.39. The largest absolute Gasteiger partial charge is 0.393 e. The Bertz CT molecular complexity index is 820. The summed E-state index contributed by atoms with van der Waals surface area (Å²) >= 11 is 1.12. The van der Waals surface area contributed by atoms with Crippen molar-refractivity contribution in [2.24, 2.45) is 5.92 Å². The number of alkyl halides is 3. The van der Waals surface area contributed by atoms with Gasteiger partial charge < -0.3 is 15.5 Å². The fraction of sp³-hybridized carbons (Fsp3) is 0.700. The molecule has 2 aliphatic heterocycles. The van der Waals surface area contributed by atoms with E-state index in [1.165, 1.54) is 6.33 Å². The van der Waals surface area contributed by atoms with Crippen LogP contribution in [0.25, 0.3) is 10.2 Å². The quantitative estimate of drug-likeness (QED) is 0.736. The van der Waals surface area contributed by atoms with E-state index in [4.69, 9.17) is 0 Å². The summed E-state index contributed by atoms with van der Waals surface area (Å²) in [5.41, 5.74) is 0. The maximum Gasteiger partial charge on any atom is 0.393 e. The molecule has 4 heterocycles. The molecule has 0 saturated carbocycles. The minimum atomic E-state index is -4.21. The van der Waals surface area contributed by atoms with Crippen LogP contribution in [0.3, 0.4) is 0 Å². The van der Waals surface area contributed by atoms with Gasteiger partial charge in [0, 0.05) is 43.1 Å². The molecule has 2 saturated heterocycles. The number of anilines is 1. The molecule has 9 heteroatoms. The Morgan fingerprint density at radius 2 is 2.10 bits per heavy atom. The van der Waals surface area contributed by atoms with E-state index in [1.54, 1.807) is 6.07 Å². The smallest absolute Gasteiger partial charge is 0.356 e. The van der Waals surface area contributed by atoms with Crippen molar-refractivity contribution in [2.75, 3.05) is 31.1 Å². The summed E-state index contributed by atoms with van der Waals surface area (Å²) in [6.07, 6.45) is 0.669. The summed E-state index contributed by atoms with van der Waals surface area (Å²) in [5.74, 6) is 1.49. The number of halogens is 3. The number of rotatable bonds is 6. The fourth-order valence-corrected chi connectivity index (χ4v) is 5.41. The number of nitrogens with zero attached hydrogens (tertiary/aromatic N) is 3. The molecular formula is C20H28F3N5S. The molecule has 5 nitrogen and oxygen atoms in total. The highest BCUT2D eigenvalue weighted by Crippen LogP contribution is 2.34. The second-order valence-electron chi connectivity index (χ2n) is 8.14. The molecule has 2 atom stereocenters. The van der Waals surface area contributed by atoms with Crippen LogP contribution in [0, 0.1) is 5.92 Å². The average Bonchev–Trinajstić information content (AvgIpc) is 2.87. The van der Waals surface area contributed by atoms with E-state index in [0.717, 1.165) is 80.3 Å². The van der Waals surface area contributed by atoms with Crippen molar-refractivity contribution in [1.82, 2.24) is 20.6 Å². The third-order valence-corrected chi connectivity index (χ3v) is 7.08. The third-order valence-electron chi connectivity index (χ3n) is 6.03. The van der Waals surface area contributed by atoms with Crippen molar-refractivity contribution >= 4 is 27.4 Å². The van der Waals surface area contributed by atoms with Gasteiger partial charge in [0.2, 0.25) is 0 Å². The molecule has 2 aromatic rings. The van der Waals surface area contributed by atoms with Gasteiger partial charge in [-0.15, -0.1) is 11.3 Å². The zero-order valence-corrected chi connectivity index (χ0v) is 17.5. The third kappa shape index (κ3) is 5.00.